The van der Waals surface area contributed by atoms with Crippen LogP contribution in [0.1, 0.15) is 0 Å². The number of fused-ring (bicyclic) bond motifs is 5. The van der Waals surface area contributed by atoms with E-state index in [0.29, 0.717) is 5.82 Å². The summed E-state index contributed by atoms with van der Waals surface area (Å²) in [6, 6.07) is 56.1. The van der Waals surface area contributed by atoms with E-state index in [-0.39, 0.29) is 0 Å². The quantitative estimate of drug-likeness (QED) is 0.197. The maximum Gasteiger partial charge on any atom is 0.162 e. The zero-order chi connectivity index (χ0) is 31.2. The van der Waals surface area contributed by atoms with Gasteiger partial charge >= 0.3 is 0 Å². The number of hydrogen-bond donors (Lipinski definition) is 0. The summed E-state index contributed by atoms with van der Waals surface area (Å²) in [6.45, 7) is 0. The van der Waals surface area contributed by atoms with Gasteiger partial charge < -0.3 is 4.42 Å². The average Bonchev–Trinajstić information content (AvgIpc) is 3.55. The normalized spacial score (nSPS) is 11.4. The lowest BCUT2D eigenvalue weighted by atomic mass is 9.99. The van der Waals surface area contributed by atoms with Gasteiger partial charge in [-0.05, 0) is 29.3 Å². The van der Waals surface area contributed by atoms with Gasteiger partial charge in [0.05, 0.1) is 16.9 Å². The van der Waals surface area contributed by atoms with Crippen LogP contribution in [0.2, 0.25) is 0 Å². The lowest BCUT2D eigenvalue weighted by Crippen LogP contribution is -1.95. The molecule has 0 saturated heterocycles. The minimum absolute atomic E-state index is 0.698. The van der Waals surface area contributed by atoms with Crippen LogP contribution in [0.4, 0.5) is 0 Å². The Balaban J connectivity index is 1.08. The van der Waals surface area contributed by atoms with Gasteiger partial charge in [0, 0.05) is 38.4 Å². The summed E-state index contributed by atoms with van der Waals surface area (Å²) in [4.78, 5) is 15.0. The highest BCUT2D eigenvalue weighted by Crippen LogP contribution is 2.39. The number of hydrogen-bond acceptors (Lipinski definition) is 4. The molecule has 0 spiro atoms. The Morgan fingerprint density at radius 2 is 0.894 bits per heavy atom. The predicted octanol–water partition coefficient (Wildman–Crippen LogP) is 11.3. The Morgan fingerprint density at radius 1 is 0.383 bits per heavy atom. The fourth-order valence-corrected chi connectivity index (χ4v) is 6.35. The van der Waals surface area contributed by atoms with Crippen molar-refractivity contribution >= 4 is 32.8 Å². The zero-order valence-electron chi connectivity index (χ0n) is 25.3. The molecule has 0 aliphatic carbocycles. The first-order chi connectivity index (χ1) is 23.3. The topological polar surface area (TPSA) is 51.8 Å². The van der Waals surface area contributed by atoms with Crippen molar-refractivity contribution in [2.24, 2.45) is 0 Å². The van der Waals surface area contributed by atoms with Crippen molar-refractivity contribution in [3.05, 3.63) is 164 Å². The molecule has 47 heavy (non-hydrogen) atoms. The van der Waals surface area contributed by atoms with Crippen LogP contribution >= 0.6 is 0 Å². The van der Waals surface area contributed by atoms with Crippen LogP contribution in [-0.4, -0.2) is 15.0 Å². The molecular weight excluding hydrogens is 574 g/mol. The van der Waals surface area contributed by atoms with Gasteiger partial charge in [-0.3, -0.25) is 0 Å². The van der Waals surface area contributed by atoms with Crippen LogP contribution in [0.15, 0.2) is 168 Å². The molecule has 9 aromatic rings. The van der Waals surface area contributed by atoms with Gasteiger partial charge in [0.15, 0.2) is 11.4 Å². The van der Waals surface area contributed by atoms with Gasteiger partial charge in [-0.25, -0.2) is 15.0 Å². The van der Waals surface area contributed by atoms with Crippen LogP contribution < -0.4 is 0 Å². The minimum Gasteiger partial charge on any atom is -0.454 e. The molecule has 3 aromatic heterocycles. The average molecular weight is 602 g/mol. The maximum absolute atomic E-state index is 6.41. The summed E-state index contributed by atoms with van der Waals surface area (Å²) in [7, 11) is 0. The van der Waals surface area contributed by atoms with Gasteiger partial charge in [-0.15, -0.1) is 0 Å². The summed E-state index contributed by atoms with van der Waals surface area (Å²) in [5, 5.41) is 3.31. The number of nitrogens with zero attached hydrogens (tertiary/aromatic N) is 3. The molecule has 0 atom stereocenters. The molecule has 6 aromatic carbocycles. The van der Waals surface area contributed by atoms with E-state index in [2.05, 4.69) is 109 Å². The number of aromatic nitrogens is 3. The van der Waals surface area contributed by atoms with Crippen molar-refractivity contribution in [1.82, 2.24) is 15.0 Å². The standard InChI is InChI=1S/C43H27N3O/c1-3-11-30(12-4-1)37-27-38(31-13-5-2-6-14-31)46-43(45-37)33-25-21-29(22-26-33)28-19-23-32(24-20-28)41-42-40(34-15-7-9-17-36(34)44-41)35-16-8-10-18-39(35)47-42/h1-27H. The largest absolute Gasteiger partial charge is 0.454 e. The van der Waals surface area contributed by atoms with Crippen LogP contribution in [0.3, 0.4) is 0 Å². The number of para-hydroxylation sites is 2. The molecule has 0 saturated carbocycles. The lowest BCUT2D eigenvalue weighted by Gasteiger charge is -2.10. The van der Waals surface area contributed by atoms with Gasteiger partial charge in [0.25, 0.3) is 0 Å². The summed E-state index contributed by atoms with van der Waals surface area (Å²) in [5.41, 5.74) is 11.6. The maximum atomic E-state index is 6.41. The van der Waals surface area contributed by atoms with E-state index in [9.17, 15) is 0 Å². The van der Waals surface area contributed by atoms with Gasteiger partial charge in [-0.1, -0.05) is 146 Å². The van der Waals surface area contributed by atoms with Crippen LogP contribution in [0.25, 0.3) is 89.1 Å². The molecule has 0 aliphatic rings. The predicted molar refractivity (Wildman–Crippen MR) is 192 cm³/mol. The van der Waals surface area contributed by atoms with Crippen molar-refractivity contribution in [3.8, 4) is 56.3 Å². The first-order valence-corrected chi connectivity index (χ1v) is 15.7. The van der Waals surface area contributed by atoms with E-state index in [1.54, 1.807) is 0 Å². The molecule has 0 unspecified atom stereocenters. The molecule has 0 bridgehead atoms. The fourth-order valence-electron chi connectivity index (χ4n) is 6.35. The van der Waals surface area contributed by atoms with E-state index in [1.165, 1.54) is 0 Å². The van der Waals surface area contributed by atoms with Crippen molar-refractivity contribution < 1.29 is 4.42 Å². The van der Waals surface area contributed by atoms with Crippen molar-refractivity contribution in [1.29, 1.82) is 0 Å². The first kappa shape index (κ1) is 27.0. The molecule has 0 aliphatic heterocycles. The second-order valence-corrected chi connectivity index (χ2v) is 11.6. The van der Waals surface area contributed by atoms with Crippen molar-refractivity contribution in [2.45, 2.75) is 0 Å². The van der Waals surface area contributed by atoms with E-state index in [0.717, 1.165) is 83.3 Å². The first-order valence-electron chi connectivity index (χ1n) is 15.7. The van der Waals surface area contributed by atoms with Gasteiger partial charge in [0.1, 0.15) is 11.3 Å². The smallest absolute Gasteiger partial charge is 0.162 e. The van der Waals surface area contributed by atoms with Crippen LogP contribution in [0, 0.1) is 0 Å². The summed E-state index contributed by atoms with van der Waals surface area (Å²) in [5.74, 6) is 0.698. The van der Waals surface area contributed by atoms with Gasteiger partial charge in [-0.2, -0.15) is 0 Å². The van der Waals surface area contributed by atoms with E-state index >= 15 is 0 Å². The third kappa shape index (κ3) is 4.84. The number of rotatable bonds is 5. The van der Waals surface area contributed by atoms with Crippen molar-refractivity contribution in [3.63, 3.8) is 0 Å². The van der Waals surface area contributed by atoms with E-state index < -0.39 is 0 Å². The molecule has 4 nitrogen and oxygen atoms in total. The Bertz CT molecular complexity index is 2480. The second-order valence-electron chi connectivity index (χ2n) is 11.6. The molecule has 4 heteroatoms. The highest BCUT2D eigenvalue weighted by molar-refractivity contribution is 6.20. The molecule has 9 rings (SSSR count). The molecule has 220 valence electrons. The van der Waals surface area contributed by atoms with Crippen LogP contribution in [-0.2, 0) is 0 Å². The number of benzene rings is 6. The Labute approximate surface area is 271 Å². The van der Waals surface area contributed by atoms with Crippen LogP contribution in [0.5, 0.6) is 0 Å². The summed E-state index contributed by atoms with van der Waals surface area (Å²) >= 11 is 0. The van der Waals surface area contributed by atoms with E-state index in [4.69, 9.17) is 19.4 Å². The third-order valence-corrected chi connectivity index (χ3v) is 8.72. The van der Waals surface area contributed by atoms with Gasteiger partial charge in [0.2, 0.25) is 0 Å². The summed E-state index contributed by atoms with van der Waals surface area (Å²) < 4.78 is 6.41. The second kappa shape index (κ2) is 11.2. The fraction of sp³-hybridized carbons (Fsp3) is 0. The highest BCUT2D eigenvalue weighted by atomic mass is 16.3. The highest BCUT2D eigenvalue weighted by Gasteiger charge is 2.17. The molecule has 0 radical (unpaired) electrons. The Kier molecular flexibility index (Phi) is 6.43. The SMILES string of the molecule is c1ccc(-c2cc(-c3ccccc3)nc(-c3ccc(-c4ccc(-c5nc6ccccc6c6c5oc5ccccc56)cc4)cc3)n2)cc1. The number of pyridine rings is 1. The minimum atomic E-state index is 0.698. The summed E-state index contributed by atoms with van der Waals surface area (Å²) in [6.07, 6.45) is 0. The number of furan rings is 1. The molecular formula is C43H27N3O. The third-order valence-electron chi connectivity index (χ3n) is 8.72. The Morgan fingerprint density at radius 3 is 1.53 bits per heavy atom. The molecule has 0 N–H and O–H groups in total. The monoisotopic (exact) mass is 601 g/mol. The van der Waals surface area contributed by atoms with E-state index in [1.807, 2.05) is 54.6 Å². The molecule has 3 heterocycles. The van der Waals surface area contributed by atoms with Crippen molar-refractivity contribution in [2.75, 3.05) is 0 Å². The lowest BCUT2D eigenvalue weighted by molar-refractivity contribution is 0.669. The molecule has 0 amide bonds. The Hall–Kier alpha value is -6.39. The molecule has 0 fully saturated rings. The zero-order valence-corrected chi connectivity index (χ0v) is 25.3.